The van der Waals surface area contributed by atoms with Gasteiger partial charge >= 0.3 is 0 Å². The quantitative estimate of drug-likeness (QED) is 0.598. The van der Waals surface area contributed by atoms with Gasteiger partial charge in [-0.05, 0) is 87.7 Å². The predicted molar refractivity (Wildman–Crippen MR) is 134 cm³/mol. The maximum atomic E-state index is 11.3. The van der Waals surface area contributed by atoms with Gasteiger partial charge in [0.2, 0.25) is 0 Å². The van der Waals surface area contributed by atoms with E-state index in [-0.39, 0.29) is 23.3 Å². The van der Waals surface area contributed by atoms with Gasteiger partial charge in [0.15, 0.2) is 12.0 Å². The summed E-state index contributed by atoms with van der Waals surface area (Å²) in [5, 5.41) is 22.2. The lowest BCUT2D eigenvalue weighted by Gasteiger charge is -2.65. The summed E-state index contributed by atoms with van der Waals surface area (Å²) in [6.45, 7) is 2.40. The van der Waals surface area contributed by atoms with Crippen molar-refractivity contribution in [3.63, 3.8) is 0 Å². The molecule has 35 heavy (non-hydrogen) atoms. The van der Waals surface area contributed by atoms with E-state index in [4.69, 9.17) is 20.8 Å². The molecule has 2 aliphatic heterocycles. The number of allylic oxidation sites excluding steroid dienone is 2. The minimum absolute atomic E-state index is 0.0435. The van der Waals surface area contributed by atoms with Gasteiger partial charge in [0.05, 0.1) is 28.3 Å². The lowest BCUT2D eigenvalue weighted by molar-refractivity contribution is -0.276. The fourth-order valence-corrected chi connectivity index (χ4v) is 9.56. The van der Waals surface area contributed by atoms with Crippen LogP contribution in [0.3, 0.4) is 0 Å². The summed E-state index contributed by atoms with van der Waals surface area (Å²) in [6.07, 6.45) is 8.33. The van der Waals surface area contributed by atoms with Crippen LogP contribution in [-0.2, 0) is 4.74 Å². The summed E-state index contributed by atoms with van der Waals surface area (Å²) in [6, 6.07) is 6.20. The molecule has 9 atom stereocenters. The average molecular weight is 499 g/mol. The first-order valence-corrected chi connectivity index (χ1v) is 13.5. The molecule has 3 heterocycles. The second-order valence-electron chi connectivity index (χ2n) is 12.4. The highest BCUT2D eigenvalue weighted by molar-refractivity contribution is 6.25. The van der Waals surface area contributed by atoms with Gasteiger partial charge in [-0.3, -0.25) is 0 Å². The standard InChI is InChI=1S/C28H35ClN2O4/c1-25-8-10-27(29)13-18-23(32)24(33)20(31(2)3)14-26(18)9-11-28(27,35-26)22(25)7-5-17(25)16-4-6-19-21(12-16)34-15-30-19/h4-6,12,15,18,20,22-24,32-33H,7-11,13-14H2,1-3H3/t18?,20-,22?,23+,24+,25+,26+,27?,28-/m0/s1. The Morgan fingerprint density at radius 1 is 1.09 bits per heavy atom. The summed E-state index contributed by atoms with van der Waals surface area (Å²) >= 11 is 7.60. The summed E-state index contributed by atoms with van der Waals surface area (Å²) in [4.78, 5) is 5.80. The Hall–Kier alpha value is -1.44. The molecule has 2 bridgehead atoms. The lowest BCUT2D eigenvalue weighted by atomic mass is 9.52. The van der Waals surface area contributed by atoms with Crippen LogP contribution in [0.15, 0.2) is 35.1 Å². The maximum Gasteiger partial charge on any atom is 0.181 e. The second kappa shape index (κ2) is 7.11. The molecule has 3 aliphatic carbocycles. The van der Waals surface area contributed by atoms with Crippen LogP contribution in [0.2, 0.25) is 0 Å². The number of rotatable bonds is 2. The topological polar surface area (TPSA) is 79.0 Å². The largest absolute Gasteiger partial charge is 0.443 e. The van der Waals surface area contributed by atoms with Gasteiger partial charge in [-0.2, -0.15) is 0 Å². The summed E-state index contributed by atoms with van der Waals surface area (Å²) in [7, 11) is 3.96. The van der Waals surface area contributed by atoms with E-state index >= 15 is 0 Å². The number of aromatic nitrogens is 1. The first kappa shape index (κ1) is 22.7. The molecule has 2 spiro atoms. The molecule has 2 saturated heterocycles. The number of hydrogen-bond donors (Lipinski definition) is 2. The fourth-order valence-electron chi connectivity index (χ4n) is 9.03. The minimum Gasteiger partial charge on any atom is -0.443 e. The Morgan fingerprint density at radius 3 is 2.71 bits per heavy atom. The Bertz CT molecular complexity index is 1230. The molecule has 1 aromatic carbocycles. The number of ether oxygens (including phenoxy) is 1. The van der Waals surface area contributed by atoms with Crippen LogP contribution < -0.4 is 0 Å². The monoisotopic (exact) mass is 498 g/mol. The highest BCUT2D eigenvalue weighted by Crippen LogP contribution is 2.73. The van der Waals surface area contributed by atoms with Crippen LogP contribution in [0.1, 0.15) is 57.4 Å². The molecule has 6 nitrogen and oxygen atoms in total. The molecule has 7 heteroatoms. The number of hydrogen-bond acceptors (Lipinski definition) is 6. The van der Waals surface area contributed by atoms with Crippen molar-refractivity contribution in [2.45, 2.75) is 86.2 Å². The zero-order chi connectivity index (χ0) is 24.4. The fraction of sp³-hybridized carbons (Fsp3) is 0.679. The van der Waals surface area contributed by atoms with Crippen molar-refractivity contribution in [3.05, 3.63) is 36.2 Å². The molecule has 0 amide bonds. The Labute approximate surface area is 211 Å². The normalized spacial score (nSPS) is 48.5. The van der Waals surface area contributed by atoms with Crippen LogP contribution in [0.5, 0.6) is 0 Å². The van der Waals surface area contributed by atoms with Crippen LogP contribution in [0, 0.1) is 17.3 Å². The van der Waals surface area contributed by atoms with E-state index in [1.54, 1.807) is 0 Å². The van der Waals surface area contributed by atoms with Crippen LogP contribution in [0.25, 0.3) is 16.7 Å². The van der Waals surface area contributed by atoms with E-state index in [2.05, 4.69) is 30.1 Å². The van der Waals surface area contributed by atoms with Crippen molar-refractivity contribution in [2.75, 3.05) is 14.1 Å². The molecule has 2 N–H and O–H groups in total. The van der Waals surface area contributed by atoms with E-state index in [0.29, 0.717) is 6.42 Å². The number of alkyl halides is 1. The van der Waals surface area contributed by atoms with Crippen molar-refractivity contribution in [1.82, 2.24) is 9.88 Å². The summed E-state index contributed by atoms with van der Waals surface area (Å²) < 4.78 is 12.9. The smallest absolute Gasteiger partial charge is 0.181 e. The summed E-state index contributed by atoms with van der Waals surface area (Å²) in [5.41, 5.74) is 3.37. The van der Waals surface area contributed by atoms with Crippen LogP contribution in [-0.4, -0.2) is 68.5 Å². The van der Waals surface area contributed by atoms with E-state index in [0.717, 1.165) is 49.6 Å². The Kier molecular flexibility index (Phi) is 4.62. The number of halogens is 1. The van der Waals surface area contributed by atoms with Crippen molar-refractivity contribution in [2.24, 2.45) is 17.3 Å². The van der Waals surface area contributed by atoms with Gasteiger partial charge in [0.1, 0.15) is 5.52 Å². The highest BCUT2D eigenvalue weighted by Gasteiger charge is 2.76. The number of nitrogens with zero attached hydrogens (tertiary/aromatic N) is 2. The lowest BCUT2D eigenvalue weighted by Crippen LogP contribution is -2.72. The third-order valence-electron chi connectivity index (χ3n) is 10.8. The van der Waals surface area contributed by atoms with Gasteiger partial charge < -0.3 is 24.3 Å². The number of fused-ring (bicyclic) bond motifs is 2. The first-order chi connectivity index (χ1) is 16.6. The van der Waals surface area contributed by atoms with Gasteiger partial charge in [-0.25, -0.2) is 4.98 Å². The number of benzene rings is 1. The van der Waals surface area contributed by atoms with Crippen LogP contribution >= 0.6 is 11.6 Å². The molecule has 7 rings (SSSR count). The van der Waals surface area contributed by atoms with Crippen molar-refractivity contribution in [1.29, 1.82) is 0 Å². The van der Waals surface area contributed by atoms with Gasteiger partial charge in [-0.15, -0.1) is 11.6 Å². The van der Waals surface area contributed by atoms with Gasteiger partial charge in [0.25, 0.3) is 0 Å². The maximum absolute atomic E-state index is 11.3. The van der Waals surface area contributed by atoms with E-state index in [9.17, 15) is 10.2 Å². The molecule has 0 radical (unpaired) electrons. The predicted octanol–water partition coefficient (Wildman–Crippen LogP) is 4.37. The third kappa shape index (κ3) is 2.73. The molecule has 1 aromatic heterocycles. The Balaban J connectivity index is 1.28. The molecular weight excluding hydrogens is 464 g/mol. The first-order valence-electron chi connectivity index (χ1n) is 13.1. The molecule has 188 valence electrons. The highest BCUT2D eigenvalue weighted by atomic mass is 35.5. The van der Waals surface area contributed by atoms with E-state index in [1.165, 1.54) is 17.5 Å². The van der Waals surface area contributed by atoms with Crippen molar-refractivity contribution in [3.8, 4) is 0 Å². The molecule has 3 unspecified atom stereocenters. The zero-order valence-electron chi connectivity index (χ0n) is 20.7. The number of aliphatic hydroxyl groups excluding tert-OH is 2. The number of aliphatic hydroxyl groups is 2. The van der Waals surface area contributed by atoms with Gasteiger partial charge in [-0.1, -0.05) is 19.1 Å². The number of oxazole rings is 1. The zero-order valence-corrected chi connectivity index (χ0v) is 21.5. The van der Waals surface area contributed by atoms with Crippen LogP contribution in [0.4, 0.5) is 0 Å². The Morgan fingerprint density at radius 2 is 1.91 bits per heavy atom. The van der Waals surface area contributed by atoms with E-state index in [1.807, 2.05) is 25.1 Å². The molecular formula is C28H35ClN2O4. The minimum atomic E-state index is -0.818. The molecule has 5 aliphatic rings. The van der Waals surface area contributed by atoms with Crippen molar-refractivity contribution < 1.29 is 19.4 Å². The van der Waals surface area contributed by atoms with E-state index < -0.39 is 28.3 Å². The number of likely N-dealkylation sites (N-methyl/N-ethyl adjacent to an activating group) is 1. The molecule has 2 aromatic rings. The average Bonchev–Trinajstić information content (AvgIpc) is 3.52. The molecule has 2 saturated carbocycles. The van der Waals surface area contributed by atoms with Gasteiger partial charge in [0, 0.05) is 17.9 Å². The van der Waals surface area contributed by atoms with Crippen molar-refractivity contribution >= 4 is 28.3 Å². The molecule has 4 fully saturated rings. The second-order valence-corrected chi connectivity index (χ2v) is 13.1. The summed E-state index contributed by atoms with van der Waals surface area (Å²) in [5.74, 6) is 0.151. The third-order valence-corrected chi connectivity index (χ3v) is 11.5. The SMILES string of the molecule is CN(C)[C@H]1C[C@@]23CC[C@]4(O2)C2CC=C(c5ccc6ncoc6c5)[C@@]2(C)CCC4(Cl)CC3[C@@H](O)[C@@H]1O.